The standard InChI is InChI=1S/C22H25NS/c1-22(2,3)17-9-13-20(14-10-17)24(19-7-5-4-6-8-19)21-15-11-18(23)12-16-21/h4-16,24H,23H2,1-3H3. The van der Waals surface area contributed by atoms with E-state index in [1.807, 2.05) is 12.1 Å². The Morgan fingerprint density at radius 1 is 0.625 bits per heavy atom. The van der Waals surface area contributed by atoms with Crippen LogP contribution in [0, 0.1) is 0 Å². The molecule has 0 aliphatic heterocycles. The Hall–Kier alpha value is -2.19. The Morgan fingerprint density at radius 3 is 1.58 bits per heavy atom. The van der Waals surface area contributed by atoms with E-state index < -0.39 is 10.9 Å². The lowest BCUT2D eigenvalue weighted by molar-refractivity contribution is 0.589. The van der Waals surface area contributed by atoms with Gasteiger partial charge in [0.05, 0.1) is 0 Å². The van der Waals surface area contributed by atoms with Gasteiger partial charge in [-0.2, -0.15) is 10.9 Å². The molecule has 0 heterocycles. The molecule has 3 aromatic carbocycles. The Labute approximate surface area is 147 Å². The molecular weight excluding hydrogens is 310 g/mol. The highest BCUT2D eigenvalue weighted by Gasteiger charge is 2.16. The van der Waals surface area contributed by atoms with Crippen LogP contribution in [0.4, 0.5) is 5.69 Å². The van der Waals surface area contributed by atoms with Crippen LogP contribution in [-0.4, -0.2) is 0 Å². The molecule has 0 aliphatic carbocycles. The maximum Gasteiger partial charge on any atom is 0.0314 e. The molecule has 3 aromatic rings. The zero-order chi connectivity index (χ0) is 17.2. The van der Waals surface area contributed by atoms with E-state index in [-0.39, 0.29) is 5.41 Å². The van der Waals surface area contributed by atoms with Gasteiger partial charge >= 0.3 is 0 Å². The summed E-state index contributed by atoms with van der Waals surface area (Å²) in [6, 6.07) is 28.2. The minimum absolute atomic E-state index is 0.176. The number of hydrogen-bond acceptors (Lipinski definition) is 1. The fourth-order valence-corrected chi connectivity index (χ4v) is 5.02. The summed E-state index contributed by atoms with van der Waals surface area (Å²) in [7, 11) is -0.562. The van der Waals surface area contributed by atoms with Crippen LogP contribution in [0.5, 0.6) is 0 Å². The first kappa shape index (κ1) is 16.7. The van der Waals surface area contributed by atoms with Crippen molar-refractivity contribution >= 4 is 16.6 Å². The van der Waals surface area contributed by atoms with Crippen LogP contribution in [0.25, 0.3) is 0 Å². The first-order valence-electron chi connectivity index (χ1n) is 8.26. The Kier molecular flexibility index (Phi) is 4.68. The molecule has 0 fully saturated rings. The van der Waals surface area contributed by atoms with E-state index in [1.165, 1.54) is 20.2 Å². The lowest BCUT2D eigenvalue weighted by Gasteiger charge is -2.25. The van der Waals surface area contributed by atoms with Crippen molar-refractivity contribution in [1.82, 2.24) is 0 Å². The van der Waals surface area contributed by atoms with Crippen LogP contribution in [0.2, 0.25) is 0 Å². The molecule has 1 nitrogen and oxygen atoms in total. The number of hydrogen-bond donors (Lipinski definition) is 2. The molecule has 24 heavy (non-hydrogen) atoms. The zero-order valence-corrected chi connectivity index (χ0v) is 15.4. The molecule has 3 rings (SSSR count). The molecule has 1 unspecified atom stereocenters. The maximum atomic E-state index is 5.88. The summed E-state index contributed by atoms with van der Waals surface area (Å²) < 4.78 is 0. The highest BCUT2D eigenvalue weighted by atomic mass is 32.2. The first-order chi connectivity index (χ1) is 11.4. The van der Waals surface area contributed by atoms with Crippen molar-refractivity contribution < 1.29 is 0 Å². The van der Waals surface area contributed by atoms with E-state index in [0.717, 1.165) is 5.69 Å². The number of anilines is 1. The maximum absolute atomic E-state index is 5.88. The summed E-state index contributed by atoms with van der Waals surface area (Å²) in [6.45, 7) is 6.76. The molecular formula is C22H25NS. The Morgan fingerprint density at radius 2 is 1.08 bits per heavy atom. The van der Waals surface area contributed by atoms with Crippen molar-refractivity contribution in [1.29, 1.82) is 0 Å². The SMILES string of the molecule is CC(C)(C)c1ccc([SH](c2ccccc2)c2ccc(N)cc2)cc1. The van der Waals surface area contributed by atoms with Crippen LogP contribution in [-0.2, 0) is 5.41 Å². The lowest BCUT2D eigenvalue weighted by Crippen LogP contribution is -2.10. The number of benzene rings is 3. The monoisotopic (exact) mass is 335 g/mol. The van der Waals surface area contributed by atoms with Gasteiger partial charge in [0.1, 0.15) is 0 Å². The molecule has 124 valence electrons. The van der Waals surface area contributed by atoms with Gasteiger partial charge < -0.3 is 5.73 Å². The molecule has 0 spiro atoms. The van der Waals surface area contributed by atoms with E-state index in [2.05, 4.69) is 87.5 Å². The molecule has 2 N–H and O–H groups in total. The van der Waals surface area contributed by atoms with Crippen LogP contribution in [0.3, 0.4) is 0 Å². The molecule has 0 saturated carbocycles. The van der Waals surface area contributed by atoms with Gasteiger partial charge in [0, 0.05) is 5.69 Å². The van der Waals surface area contributed by atoms with Crippen molar-refractivity contribution in [3.8, 4) is 0 Å². The van der Waals surface area contributed by atoms with E-state index in [4.69, 9.17) is 5.73 Å². The van der Waals surface area contributed by atoms with Gasteiger partial charge in [0.15, 0.2) is 0 Å². The van der Waals surface area contributed by atoms with Gasteiger partial charge in [-0.3, -0.25) is 0 Å². The molecule has 0 aliphatic rings. The van der Waals surface area contributed by atoms with Crippen molar-refractivity contribution in [3.05, 3.63) is 84.4 Å². The molecule has 0 aromatic heterocycles. The van der Waals surface area contributed by atoms with Crippen molar-refractivity contribution in [2.45, 2.75) is 40.9 Å². The minimum atomic E-state index is -0.562. The van der Waals surface area contributed by atoms with E-state index >= 15 is 0 Å². The summed E-state index contributed by atoms with van der Waals surface area (Å²) in [5.74, 6) is 0. The smallest absolute Gasteiger partial charge is 0.0314 e. The summed E-state index contributed by atoms with van der Waals surface area (Å²) >= 11 is 0. The van der Waals surface area contributed by atoms with Gasteiger partial charge in [0.25, 0.3) is 0 Å². The summed E-state index contributed by atoms with van der Waals surface area (Å²) in [4.78, 5) is 4.06. The Bertz CT molecular complexity index is 784. The number of nitrogens with two attached hydrogens (primary N) is 1. The molecule has 2 heteroatoms. The van der Waals surface area contributed by atoms with Crippen molar-refractivity contribution in [2.24, 2.45) is 0 Å². The van der Waals surface area contributed by atoms with Crippen LogP contribution in [0.15, 0.2) is 93.5 Å². The molecule has 0 radical (unpaired) electrons. The largest absolute Gasteiger partial charge is 0.399 e. The zero-order valence-electron chi connectivity index (χ0n) is 14.5. The van der Waals surface area contributed by atoms with Crippen LogP contribution >= 0.6 is 10.9 Å². The van der Waals surface area contributed by atoms with Crippen molar-refractivity contribution in [2.75, 3.05) is 5.73 Å². The van der Waals surface area contributed by atoms with Crippen LogP contribution in [0.1, 0.15) is 26.3 Å². The summed E-state index contributed by atoms with van der Waals surface area (Å²) in [5.41, 5.74) is 8.23. The summed E-state index contributed by atoms with van der Waals surface area (Å²) in [5, 5.41) is 0. The fraction of sp³-hybridized carbons (Fsp3) is 0.182. The molecule has 0 bridgehead atoms. The third kappa shape index (κ3) is 3.65. The average Bonchev–Trinajstić information content (AvgIpc) is 2.58. The molecule has 0 saturated heterocycles. The van der Waals surface area contributed by atoms with Gasteiger partial charge in [-0.1, -0.05) is 51.1 Å². The lowest BCUT2D eigenvalue weighted by atomic mass is 9.87. The van der Waals surface area contributed by atoms with Gasteiger partial charge in [0.2, 0.25) is 0 Å². The third-order valence-electron chi connectivity index (χ3n) is 4.16. The second kappa shape index (κ2) is 6.74. The topological polar surface area (TPSA) is 26.0 Å². The second-order valence-electron chi connectivity index (χ2n) is 7.06. The van der Waals surface area contributed by atoms with E-state index in [9.17, 15) is 0 Å². The average molecular weight is 336 g/mol. The van der Waals surface area contributed by atoms with Crippen LogP contribution < -0.4 is 5.73 Å². The highest BCUT2D eigenvalue weighted by molar-refractivity contribution is 8.17. The predicted octanol–water partition coefficient (Wildman–Crippen LogP) is 6.04. The van der Waals surface area contributed by atoms with E-state index in [0.29, 0.717) is 0 Å². The minimum Gasteiger partial charge on any atom is -0.399 e. The van der Waals surface area contributed by atoms with Crippen molar-refractivity contribution in [3.63, 3.8) is 0 Å². The van der Waals surface area contributed by atoms with Gasteiger partial charge in [-0.15, -0.1) is 0 Å². The predicted molar refractivity (Wildman–Crippen MR) is 106 cm³/mol. The fourth-order valence-electron chi connectivity index (χ4n) is 2.76. The second-order valence-corrected chi connectivity index (χ2v) is 9.28. The third-order valence-corrected chi connectivity index (χ3v) is 6.60. The van der Waals surface area contributed by atoms with Gasteiger partial charge in [-0.05, 0) is 74.2 Å². The Balaban J connectivity index is 2.06. The van der Waals surface area contributed by atoms with E-state index in [1.54, 1.807) is 0 Å². The first-order valence-corrected chi connectivity index (χ1v) is 9.60. The summed E-state index contributed by atoms with van der Waals surface area (Å²) in [6.07, 6.45) is 0. The number of rotatable bonds is 3. The molecule has 1 atom stereocenters. The normalized spacial score (nSPS) is 13.5. The number of nitrogen functional groups attached to an aromatic ring is 1. The number of thiol groups is 1. The highest BCUT2D eigenvalue weighted by Crippen LogP contribution is 2.51. The molecule has 0 amide bonds. The van der Waals surface area contributed by atoms with Gasteiger partial charge in [-0.25, -0.2) is 0 Å². The quantitative estimate of drug-likeness (QED) is 0.442.